The highest BCUT2D eigenvalue weighted by atomic mass is 14.2. The van der Waals surface area contributed by atoms with Crippen LogP contribution in [0.3, 0.4) is 0 Å². The molecule has 0 aliphatic rings. The zero-order valence-corrected chi connectivity index (χ0v) is 14.2. The Morgan fingerprint density at radius 2 is 1.44 bits per heavy atom. The standard InChI is InChI=1S/C18H38/c1-8-10-17(15(3)4)12-11-16(5)13-14-18(6,7)9-2/h15-17H,8-14H2,1-7H3. The van der Waals surface area contributed by atoms with Crippen molar-refractivity contribution in [2.24, 2.45) is 23.2 Å². The van der Waals surface area contributed by atoms with Gasteiger partial charge in [-0.25, -0.2) is 0 Å². The fraction of sp³-hybridized carbons (Fsp3) is 1.00. The molecule has 0 radical (unpaired) electrons. The second kappa shape index (κ2) is 8.99. The Hall–Kier alpha value is 0. The second-order valence-electron chi connectivity index (χ2n) is 7.53. The van der Waals surface area contributed by atoms with Crippen molar-refractivity contribution in [2.45, 2.75) is 93.4 Å². The average Bonchev–Trinajstić information content (AvgIpc) is 2.31. The largest absolute Gasteiger partial charge is 0.0654 e. The number of rotatable bonds is 10. The molecule has 2 unspecified atom stereocenters. The molecule has 0 aromatic heterocycles. The van der Waals surface area contributed by atoms with Gasteiger partial charge in [-0.15, -0.1) is 0 Å². The van der Waals surface area contributed by atoms with Crippen LogP contribution in [0.4, 0.5) is 0 Å². The summed E-state index contributed by atoms with van der Waals surface area (Å²) in [6.45, 7) is 16.7. The van der Waals surface area contributed by atoms with Crippen molar-refractivity contribution in [1.29, 1.82) is 0 Å². The Kier molecular flexibility index (Phi) is 8.99. The molecule has 0 spiro atoms. The third-order valence-corrected chi connectivity index (χ3v) is 4.90. The summed E-state index contributed by atoms with van der Waals surface area (Å²) in [5.41, 5.74) is 0.551. The molecule has 2 atom stereocenters. The zero-order valence-electron chi connectivity index (χ0n) is 14.2. The lowest BCUT2D eigenvalue weighted by Crippen LogP contribution is -2.13. The van der Waals surface area contributed by atoms with Crippen LogP contribution in [0.2, 0.25) is 0 Å². The lowest BCUT2D eigenvalue weighted by atomic mass is 9.80. The molecule has 0 aromatic rings. The monoisotopic (exact) mass is 254 g/mol. The first-order valence-electron chi connectivity index (χ1n) is 8.32. The average molecular weight is 255 g/mol. The molecular formula is C18H38. The maximum atomic E-state index is 2.45. The highest BCUT2D eigenvalue weighted by Gasteiger charge is 2.18. The van der Waals surface area contributed by atoms with Crippen LogP contribution in [0.25, 0.3) is 0 Å². The number of hydrogen-bond donors (Lipinski definition) is 0. The van der Waals surface area contributed by atoms with Gasteiger partial charge in [0.1, 0.15) is 0 Å². The van der Waals surface area contributed by atoms with E-state index in [0.29, 0.717) is 5.41 Å². The molecule has 0 aromatic carbocycles. The van der Waals surface area contributed by atoms with Crippen molar-refractivity contribution in [3.8, 4) is 0 Å². The topological polar surface area (TPSA) is 0 Å². The van der Waals surface area contributed by atoms with Gasteiger partial charge in [-0.2, -0.15) is 0 Å². The molecule has 0 aliphatic heterocycles. The third kappa shape index (κ3) is 8.16. The molecule has 0 rings (SSSR count). The van der Waals surface area contributed by atoms with Crippen LogP contribution in [0.5, 0.6) is 0 Å². The fourth-order valence-electron chi connectivity index (χ4n) is 2.64. The molecule has 0 N–H and O–H groups in total. The summed E-state index contributed by atoms with van der Waals surface area (Å²) < 4.78 is 0. The van der Waals surface area contributed by atoms with E-state index in [9.17, 15) is 0 Å². The minimum Gasteiger partial charge on any atom is -0.0654 e. The van der Waals surface area contributed by atoms with E-state index in [1.165, 1.54) is 44.9 Å². The summed E-state index contributed by atoms with van der Waals surface area (Å²) in [7, 11) is 0. The lowest BCUT2D eigenvalue weighted by molar-refractivity contribution is 0.261. The number of hydrogen-bond acceptors (Lipinski definition) is 0. The zero-order chi connectivity index (χ0) is 14.2. The molecule has 18 heavy (non-hydrogen) atoms. The molecule has 0 heteroatoms. The molecule has 0 saturated heterocycles. The van der Waals surface area contributed by atoms with Gasteiger partial charge in [0, 0.05) is 0 Å². The SMILES string of the molecule is CCCC(CCC(C)CCC(C)(C)CC)C(C)C. The summed E-state index contributed by atoms with van der Waals surface area (Å²) in [6, 6.07) is 0. The first kappa shape index (κ1) is 18.0. The van der Waals surface area contributed by atoms with E-state index in [4.69, 9.17) is 0 Å². The van der Waals surface area contributed by atoms with Gasteiger partial charge in [0.25, 0.3) is 0 Å². The van der Waals surface area contributed by atoms with Crippen LogP contribution in [-0.4, -0.2) is 0 Å². The fourth-order valence-corrected chi connectivity index (χ4v) is 2.64. The van der Waals surface area contributed by atoms with E-state index in [2.05, 4.69) is 48.5 Å². The van der Waals surface area contributed by atoms with Crippen LogP contribution in [0.15, 0.2) is 0 Å². The minimum atomic E-state index is 0.551. The van der Waals surface area contributed by atoms with E-state index in [1.807, 2.05) is 0 Å². The van der Waals surface area contributed by atoms with Crippen molar-refractivity contribution < 1.29 is 0 Å². The van der Waals surface area contributed by atoms with Gasteiger partial charge in [-0.1, -0.05) is 80.6 Å². The Labute approximate surface area is 117 Å². The first-order valence-corrected chi connectivity index (χ1v) is 8.32. The molecule has 0 heterocycles. The highest BCUT2D eigenvalue weighted by Crippen LogP contribution is 2.31. The van der Waals surface area contributed by atoms with E-state index in [0.717, 1.165) is 17.8 Å². The Bertz CT molecular complexity index is 190. The maximum Gasteiger partial charge on any atom is -0.0357 e. The van der Waals surface area contributed by atoms with Gasteiger partial charge < -0.3 is 0 Å². The van der Waals surface area contributed by atoms with Gasteiger partial charge in [-0.05, 0) is 36.0 Å². The second-order valence-corrected chi connectivity index (χ2v) is 7.53. The van der Waals surface area contributed by atoms with Gasteiger partial charge in [0.2, 0.25) is 0 Å². The lowest BCUT2D eigenvalue weighted by Gasteiger charge is -2.26. The molecule has 110 valence electrons. The van der Waals surface area contributed by atoms with Gasteiger partial charge >= 0.3 is 0 Å². The Balaban J connectivity index is 3.90. The van der Waals surface area contributed by atoms with Crippen LogP contribution in [0.1, 0.15) is 93.4 Å². The molecule has 0 fully saturated rings. The van der Waals surface area contributed by atoms with Crippen molar-refractivity contribution in [3.05, 3.63) is 0 Å². The van der Waals surface area contributed by atoms with Gasteiger partial charge in [0.05, 0.1) is 0 Å². The summed E-state index contributed by atoms with van der Waals surface area (Å²) in [5, 5.41) is 0. The van der Waals surface area contributed by atoms with Gasteiger partial charge in [0.15, 0.2) is 0 Å². The molecule has 0 amide bonds. The Morgan fingerprint density at radius 3 is 1.89 bits per heavy atom. The Morgan fingerprint density at radius 1 is 0.833 bits per heavy atom. The predicted molar refractivity (Wildman–Crippen MR) is 84.9 cm³/mol. The van der Waals surface area contributed by atoms with E-state index in [-0.39, 0.29) is 0 Å². The highest BCUT2D eigenvalue weighted by molar-refractivity contribution is 4.70. The predicted octanol–water partition coefficient (Wildman–Crippen LogP) is 6.69. The van der Waals surface area contributed by atoms with Crippen LogP contribution in [0, 0.1) is 23.2 Å². The molecule has 0 saturated carbocycles. The van der Waals surface area contributed by atoms with Crippen molar-refractivity contribution in [1.82, 2.24) is 0 Å². The van der Waals surface area contributed by atoms with Gasteiger partial charge in [-0.3, -0.25) is 0 Å². The molecular weight excluding hydrogens is 216 g/mol. The first-order chi connectivity index (χ1) is 8.32. The summed E-state index contributed by atoms with van der Waals surface area (Å²) in [4.78, 5) is 0. The smallest absolute Gasteiger partial charge is 0.0357 e. The minimum absolute atomic E-state index is 0.551. The van der Waals surface area contributed by atoms with Crippen molar-refractivity contribution in [3.63, 3.8) is 0 Å². The van der Waals surface area contributed by atoms with E-state index in [1.54, 1.807) is 0 Å². The van der Waals surface area contributed by atoms with Crippen LogP contribution >= 0.6 is 0 Å². The normalized spacial score (nSPS) is 16.0. The van der Waals surface area contributed by atoms with E-state index >= 15 is 0 Å². The van der Waals surface area contributed by atoms with Crippen LogP contribution < -0.4 is 0 Å². The molecule has 0 nitrogen and oxygen atoms in total. The molecule has 0 bridgehead atoms. The summed E-state index contributed by atoms with van der Waals surface area (Å²) in [6.07, 6.45) is 9.76. The van der Waals surface area contributed by atoms with Crippen LogP contribution in [-0.2, 0) is 0 Å². The maximum absolute atomic E-state index is 2.45. The summed E-state index contributed by atoms with van der Waals surface area (Å²) >= 11 is 0. The van der Waals surface area contributed by atoms with Crippen molar-refractivity contribution >= 4 is 0 Å². The quantitative estimate of drug-likeness (QED) is 0.407. The molecule has 0 aliphatic carbocycles. The summed E-state index contributed by atoms with van der Waals surface area (Å²) in [5.74, 6) is 2.73. The van der Waals surface area contributed by atoms with E-state index < -0.39 is 0 Å². The third-order valence-electron chi connectivity index (χ3n) is 4.90. The van der Waals surface area contributed by atoms with Crippen molar-refractivity contribution in [2.75, 3.05) is 0 Å².